The smallest absolute Gasteiger partial charge is 0.419 e. The van der Waals surface area contributed by atoms with E-state index in [0.29, 0.717) is 49.0 Å². The van der Waals surface area contributed by atoms with Crippen LogP contribution in [-0.4, -0.2) is 55.3 Å². The van der Waals surface area contributed by atoms with Crippen molar-refractivity contribution >= 4 is 23.4 Å². The summed E-state index contributed by atoms with van der Waals surface area (Å²) in [5, 5.41) is 6.91. The second kappa shape index (κ2) is 11.7. The molecule has 46 heavy (non-hydrogen) atoms. The highest BCUT2D eigenvalue weighted by molar-refractivity contribution is 5.99. The first-order chi connectivity index (χ1) is 22.0. The Kier molecular flexibility index (Phi) is 7.79. The molecule has 0 unspecified atom stereocenters. The molecule has 5 aliphatic rings. The highest BCUT2D eigenvalue weighted by atomic mass is 19.4. The molecular formula is C33H33F4N3O6. The summed E-state index contributed by atoms with van der Waals surface area (Å²) in [7, 11) is 1.43. The zero-order chi connectivity index (χ0) is 32.3. The average Bonchev–Trinajstić information content (AvgIpc) is 3.30. The van der Waals surface area contributed by atoms with Crippen molar-refractivity contribution in [2.75, 3.05) is 25.6 Å². The van der Waals surface area contributed by atoms with Crippen LogP contribution in [0.15, 0.2) is 48.0 Å². The molecule has 6 atom stereocenters. The van der Waals surface area contributed by atoms with E-state index in [9.17, 15) is 31.9 Å². The third-order valence-corrected chi connectivity index (χ3v) is 9.78. The SMILES string of the molecule is COc1ccc(CN2O[C@H]3COC[C@H]3C2=O)cc1C(=O)N[C@H]1[C@@H](C(=O)Nc2ccc(F)c(C(F)(F)F)c2)[C@H]2CC[C@@H]1/C2=C\C1CC1. The van der Waals surface area contributed by atoms with Crippen LogP contribution in [0.25, 0.3) is 0 Å². The van der Waals surface area contributed by atoms with Gasteiger partial charge in [-0.1, -0.05) is 17.7 Å². The lowest BCUT2D eigenvalue weighted by Gasteiger charge is -2.30. The summed E-state index contributed by atoms with van der Waals surface area (Å²) < 4.78 is 64.8. The largest absolute Gasteiger partial charge is 0.496 e. The van der Waals surface area contributed by atoms with Gasteiger partial charge in [0.15, 0.2) is 0 Å². The number of hydroxylamine groups is 2. The molecule has 2 bridgehead atoms. The van der Waals surface area contributed by atoms with Crippen LogP contribution in [0.4, 0.5) is 23.2 Å². The van der Waals surface area contributed by atoms with E-state index in [1.165, 1.54) is 12.2 Å². The molecule has 3 amide bonds. The highest BCUT2D eigenvalue weighted by Gasteiger charge is 2.55. The number of carbonyl (C=O) groups is 3. The number of rotatable bonds is 8. The third-order valence-electron chi connectivity index (χ3n) is 9.78. The number of nitrogens with zero attached hydrogens (tertiary/aromatic N) is 1. The minimum absolute atomic E-state index is 0.112. The Bertz CT molecular complexity index is 1610. The molecule has 2 aromatic carbocycles. The van der Waals surface area contributed by atoms with Gasteiger partial charge in [-0.2, -0.15) is 13.2 Å². The number of hydrogen-bond acceptors (Lipinski definition) is 6. The molecule has 2 heterocycles. The number of methoxy groups -OCH3 is 1. The van der Waals surface area contributed by atoms with Gasteiger partial charge in [0.25, 0.3) is 11.8 Å². The van der Waals surface area contributed by atoms with Gasteiger partial charge >= 0.3 is 6.18 Å². The van der Waals surface area contributed by atoms with Crippen molar-refractivity contribution < 1.29 is 46.3 Å². The van der Waals surface area contributed by atoms with Crippen LogP contribution in [0, 0.1) is 35.4 Å². The van der Waals surface area contributed by atoms with Gasteiger partial charge in [-0.25, -0.2) is 9.45 Å². The quantitative estimate of drug-likeness (QED) is 0.314. The molecule has 2 aromatic rings. The number of carbonyl (C=O) groups excluding carboxylic acids is 3. The first-order valence-corrected chi connectivity index (χ1v) is 15.4. The van der Waals surface area contributed by atoms with Gasteiger partial charge in [0.2, 0.25) is 5.91 Å². The standard InChI is InChI=1S/C33H33F4N3O6/c1-44-26-9-4-17(13-40-32(43)23-14-45-15-27(23)46-40)11-22(26)30(41)39-29-20-7-6-19(21(20)10-16-2-3-16)28(29)31(42)38-18-5-8-25(34)24(12-18)33(35,36)37/h4-5,8-12,16,19-20,23,27-29H,2-3,6-7,13-15H2,1H3,(H,38,42)(H,39,41)/b21-10-/t19-,20+,23+,27-,28-,29+/m0/s1. The summed E-state index contributed by atoms with van der Waals surface area (Å²) in [5.74, 6) is -3.33. The minimum atomic E-state index is -4.93. The molecule has 7 rings (SSSR count). The van der Waals surface area contributed by atoms with E-state index in [4.69, 9.17) is 14.3 Å². The van der Waals surface area contributed by atoms with Crippen LogP contribution < -0.4 is 15.4 Å². The van der Waals surface area contributed by atoms with Crippen LogP contribution in [-0.2, 0) is 31.9 Å². The lowest BCUT2D eigenvalue weighted by Crippen LogP contribution is -2.48. The maximum absolute atomic E-state index is 13.9. The van der Waals surface area contributed by atoms with Crippen molar-refractivity contribution in [1.29, 1.82) is 0 Å². The van der Waals surface area contributed by atoms with Gasteiger partial charge in [0.05, 0.1) is 49.8 Å². The van der Waals surface area contributed by atoms with Crippen molar-refractivity contribution in [2.24, 2.45) is 29.6 Å². The minimum Gasteiger partial charge on any atom is -0.496 e. The second-order valence-corrected chi connectivity index (χ2v) is 12.7. The van der Waals surface area contributed by atoms with Crippen LogP contribution in [0.1, 0.15) is 47.2 Å². The molecular weight excluding hydrogens is 610 g/mol. The number of fused-ring (bicyclic) bond motifs is 3. The van der Waals surface area contributed by atoms with Gasteiger partial charge in [0.1, 0.15) is 17.7 Å². The Hall–Kier alpha value is -3.97. The molecule has 0 aromatic heterocycles. The molecule has 13 heteroatoms. The second-order valence-electron chi connectivity index (χ2n) is 12.7. The van der Waals surface area contributed by atoms with E-state index < -0.39 is 41.3 Å². The fourth-order valence-corrected chi connectivity index (χ4v) is 7.42. The summed E-state index contributed by atoms with van der Waals surface area (Å²) in [6, 6.07) is 6.71. The van der Waals surface area contributed by atoms with Crippen LogP contribution in [0.2, 0.25) is 0 Å². The average molecular weight is 644 g/mol. The van der Waals surface area contributed by atoms with Crippen molar-refractivity contribution in [3.05, 3.63) is 70.6 Å². The van der Waals surface area contributed by atoms with E-state index in [1.807, 2.05) is 0 Å². The van der Waals surface area contributed by atoms with Crippen molar-refractivity contribution in [3.63, 3.8) is 0 Å². The molecule has 2 saturated heterocycles. The van der Waals surface area contributed by atoms with Crippen LogP contribution >= 0.6 is 0 Å². The Balaban J connectivity index is 1.13. The molecule has 3 aliphatic carbocycles. The van der Waals surface area contributed by atoms with E-state index in [0.717, 1.165) is 30.9 Å². The molecule has 9 nitrogen and oxygen atoms in total. The monoisotopic (exact) mass is 643 g/mol. The number of nitrogens with one attached hydrogen (secondary N) is 2. The van der Waals surface area contributed by atoms with Crippen molar-refractivity contribution in [2.45, 2.75) is 50.6 Å². The number of anilines is 1. The Morgan fingerprint density at radius 2 is 1.83 bits per heavy atom. The predicted molar refractivity (Wildman–Crippen MR) is 155 cm³/mol. The number of hydrogen-bond donors (Lipinski definition) is 2. The van der Waals surface area contributed by atoms with Gasteiger partial charge in [-0.15, -0.1) is 0 Å². The van der Waals surface area contributed by atoms with Gasteiger partial charge in [-0.3, -0.25) is 19.2 Å². The molecule has 2 N–H and O–H groups in total. The zero-order valence-corrected chi connectivity index (χ0v) is 24.9. The highest BCUT2D eigenvalue weighted by Crippen LogP contribution is 2.54. The number of amides is 3. The third kappa shape index (κ3) is 5.63. The van der Waals surface area contributed by atoms with Crippen LogP contribution in [0.5, 0.6) is 5.75 Å². The predicted octanol–water partition coefficient (Wildman–Crippen LogP) is 4.87. The fraction of sp³-hybridized carbons (Fsp3) is 0.485. The van der Waals surface area contributed by atoms with Gasteiger partial charge < -0.3 is 20.1 Å². The Labute approximate surface area is 262 Å². The molecule has 0 spiro atoms. The molecule has 2 aliphatic heterocycles. The Morgan fingerprint density at radius 1 is 1.04 bits per heavy atom. The lowest BCUT2D eigenvalue weighted by molar-refractivity contribution is -0.180. The molecule has 3 saturated carbocycles. The number of ether oxygens (including phenoxy) is 2. The Morgan fingerprint density at radius 3 is 2.54 bits per heavy atom. The van der Waals surface area contributed by atoms with Crippen molar-refractivity contribution in [1.82, 2.24) is 10.4 Å². The van der Waals surface area contributed by atoms with E-state index in [-0.39, 0.29) is 47.6 Å². The normalized spacial score (nSPS) is 29.4. The van der Waals surface area contributed by atoms with E-state index >= 15 is 0 Å². The van der Waals surface area contributed by atoms with E-state index in [1.54, 1.807) is 18.2 Å². The molecule has 244 valence electrons. The number of halogens is 4. The summed E-state index contributed by atoms with van der Waals surface area (Å²) >= 11 is 0. The summed E-state index contributed by atoms with van der Waals surface area (Å²) in [6.45, 7) is 0.751. The lowest BCUT2D eigenvalue weighted by atomic mass is 9.83. The summed E-state index contributed by atoms with van der Waals surface area (Å²) in [6.07, 6.45) is 0.502. The molecule has 0 radical (unpaired) electrons. The van der Waals surface area contributed by atoms with Crippen LogP contribution in [0.3, 0.4) is 0 Å². The first kappa shape index (κ1) is 30.7. The maximum atomic E-state index is 13.9. The maximum Gasteiger partial charge on any atom is 0.419 e. The number of allylic oxidation sites excluding steroid dienone is 1. The van der Waals surface area contributed by atoms with Crippen molar-refractivity contribution in [3.8, 4) is 5.75 Å². The summed E-state index contributed by atoms with van der Waals surface area (Å²) in [5.41, 5.74) is 0.291. The summed E-state index contributed by atoms with van der Waals surface area (Å²) in [4.78, 5) is 46.2. The first-order valence-electron chi connectivity index (χ1n) is 15.4. The van der Waals surface area contributed by atoms with E-state index in [2.05, 4.69) is 16.7 Å². The topological polar surface area (TPSA) is 106 Å². The van der Waals surface area contributed by atoms with Gasteiger partial charge in [-0.05, 0) is 73.4 Å². The van der Waals surface area contributed by atoms with Gasteiger partial charge in [0, 0.05) is 17.6 Å². The number of alkyl halides is 3. The zero-order valence-electron chi connectivity index (χ0n) is 24.9. The fourth-order valence-electron chi connectivity index (χ4n) is 7.42. The molecule has 5 fully saturated rings. The number of benzene rings is 2.